The van der Waals surface area contributed by atoms with E-state index in [1.165, 1.54) is 135 Å². The number of anilines is 4. The summed E-state index contributed by atoms with van der Waals surface area (Å²) in [4.78, 5) is 202. The van der Waals surface area contributed by atoms with Gasteiger partial charge in [-0.25, -0.2) is 69.1 Å². The summed E-state index contributed by atoms with van der Waals surface area (Å²) in [6.45, 7) is 8.12. The molecule has 8 aromatic rings. The lowest BCUT2D eigenvalue weighted by molar-refractivity contribution is -0.147. The van der Waals surface area contributed by atoms with Crippen LogP contribution in [0, 0.1) is 0 Å². The second kappa shape index (κ2) is 36.6. The van der Waals surface area contributed by atoms with E-state index in [9.17, 15) is 57.5 Å². The number of halogens is 4. The van der Waals surface area contributed by atoms with Crippen LogP contribution >= 0.6 is 46.4 Å². The van der Waals surface area contributed by atoms with Crippen molar-refractivity contribution in [1.82, 2.24) is 101 Å². The number of fused-ring (bicyclic) bond motifs is 4. The van der Waals surface area contributed by atoms with Gasteiger partial charge >= 0.3 is 24.1 Å². The van der Waals surface area contributed by atoms with Crippen LogP contribution in [0.25, 0.3) is 0 Å². The van der Waals surface area contributed by atoms with Crippen molar-refractivity contribution in [3.05, 3.63) is 189 Å². The molecule has 8 aliphatic heterocycles. The molecule has 8 aromatic heterocycles. The molecule has 40 nitrogen and oxygen atoms in total. The largest absolute Gasteiger partial charge is 0.435 e. The van der Waals surface area contributed by atoms with Crippen LogP contribution < -0.4 is 40.9 Å². The molecule has 44 heteroatoms. The molecule has 10 amide bonds. The quantitative estimate of drug-likeness (QED) is 0.125. The van der Waals surface area contributed by atoms with Gasteiger partial charge in [0, 0.05) is 155 Å². The van der Waals surface area contributed by atoms with Gasteiger partial charge < -0.3 is 50.0 Å². The lowest BCUT2D eigenvalue weighted by Gasteiger charge is -2.32. The van der Waals surface area contributed by atoms with Crippen LogP contribution in [-0.2, 0) is 47.7 Å². The van der Waals surface area contributed by atoms with E-state index < -0.39 is 72.7 Å². The topological polar surface area (TPSA) is 470 Å². The molecule has 0 bridgehead atoms. The number of rotatable bonds is 8. The minimum absolute atomic E-state index is 0.0726. The van der Waals surface area contributed by atoms with Crippen molar-refractivity contribution in [3.8, 4) is 0 Å². The van der Waals surface area contributed by atoms with Crippen LogP contribution in [0.3, 0.4) is 0 Å². The third-order valence-electron chi connectivity index (χ3n) is 16.5. The van der Waals surface area contributed by atoms with E-state index in [1.807, 2.05) is 7.05 Å². The Hall–Kier alpha value is -12.8. The highest BCUT2D eigenvalue weighted by molar-refractivity contribution is 6.31. The fourth-order valence-corrected chi connectivity index (χ4v) is 11.6. The number of hydrogen-bond acceptors (Lipinski definition) is 30. The van der Waals surface area contributed by atoms with E-state index in [4.69, 9.17) is 65.4 Å². The average Bonchev–Trinajstić information content (AvgIpc) is 1.63. The molecule has 4 N–H and O–H groups in total. The number of esters is 2. The molecule has 8 aliphatic rings. The first kappa shape index (κ1) is 80.3. The molecule has 4 atom stereocenters. The van der Waals surface area contributed by atoms with Crippen molar-refractivity contribution in [2.24, 2.45) is 0 Å². The average molecular weight is 1620 g/mol. The molecule has 112 heavy (non-hydrogen) atoms. The Morgan fingerprint density at radius 2 is 0.705 bits per heavy atom. The lowest BCUT2D eigenvalue weighted by Crippen LogP contribution is -2.51. The van der Waals surface area contributed by atoms with Crippen LogP contribution in [0.15, 0.2) is 123 Å². The second-order valence-corrected chi connectivity index (χ2v) is 25.9. The second-order valence-electron chi connectivity index (χ2n) is 24.1. The van der Waals surface area contributed by atoms with Crippen molar-refractivity contribution in [3.63, 3.8) is 0 Å². The summed E-state index contributed by atoms with van der Waals surface area (Å²) in [6.07, 6.45) is 11.1. The first-order valence-corrected chi connectivity index (χ1v) is 35.1. The van der Waals surface area contributed by atoms with E-state index in [1.54, 1.807) is 48.3 Å². The highest BCUT2D eigenvalue weighted by Crippen LogP contribution is 2.40. The van der Waals surface area contributed by atoms with Crippen LogP contribution in [-0.4, -0.2) is 243 Å². The molecular formula is C68H64Cl4N24O16. The van der Waals surface area contributed by atoms with Gasteiger partial charge in [0.1, 0.15) is 59.1 Å². The van der Waals surface area contributed by atoms with Gasteiger partial charge in [-0.3, -0.25) is 77.7 Å². The number of aromatic nitrogens is 12. The molecule has 0 saturated carbocycles. The molecule has 4 fully saturated rings. The Morgan fingerprint density at radius 1 is 0.366 bits per heavy atom. The number of amides is 10. The zero-order chi connectivity index (χ0) is 79.9. The SMILES string of the molecule is CC(=O)OC1c2nccnc2C(=O)N1c1ccc(Cl)cn1.CC(=O)OC1c2nccnc2C(=O)N1c1ccc(Cl)cn1.CN1CCN(C(=O)OC2c3nccnc3C(=O)N2c2ccc(Cl)cn2)CC1=O.CN1CCNCC1=O.O=C1CN(C(=O)OC2c3nccnc3C(=O)N2c2ccc(Cl)cn2)CCN1.O=C1CNCCN1. The molecule has 16 heterocycles. The molecule has 4 saturated heterocycles. The van der Waals surface area contributed by atoms with E-state index >= 15 is 0 Å². The van der Waals surface area contributed by atoms with Crippen LogP contribution in [0.5, 0.6) is 0 Å². The molecular weight excluding hydrogens is 1550 g/mol. The molecule has 580 valence electrons. The van der Waals surface area contributed by atoms with Gasteiger partial charge in [-0.15, -0.1) is 0 Å². The summed E-state index contributed by atoms with van der Waals surface area (Å²) >= 11 is 23.3. The van der Waals surface area contributed by atoms with E-state index in [0.29, 0.717) is 71.0 Å². The molecule has 16 rings (SSSR count). The third kappa shape index (κ3) is 19.1. The predicted molar refractivity (Wildman–Crippen MR) is 390 cm³/mol. The first-order chi connectivity index (χ1) is 53.8. The fourth-order valence-electron chi connectivity index (χ4n) is 11.1. The number of nitrogens with zero attached hydrogens (tertiary/aromatic N) is 20. The maximum absolute atomic E-state index is 12.8. The number of hydrogen-bond donors (Lipinski definition) is 4. The Bertz CT molecular complexity index is 4760. The summed E-state index contributed by atoms with van der Waals surface area (Å²) in [7, 11) is 3.49. The van der Waals surface area contributed by atoms with Gasteiger partial charge in [-0.05, 0) is 48.5 Å². The van der Waals surface area contributed by atoms with Crippen molar-refractivity contribution in [1.29, 1.82) is 0 Å². The van der Waals surface area contributed by atoms with Crippen molar-refractivity contribution < 1.29 is 76.5 Å². The van der Waals surface area contributed by atoms with Crippen molar-refractivity contribution in [2.75, 3.05) is 112 Å². The predicted octanol–water partition coefficient (Wildman–Crippen LogP) is 3.10. The molecule has 0 aliphatic carbocycles. The summed E-state index contributed by atoms with van der Waals surface area (Å²) in [5, 5.41) is 12.9. The number of carbonyl (C=O) groups excluding carboxylic acids is 12. The maximum Gasteiger partial charge on any atom is 0.412 e. The van der Waals surface area contributed by atoms with Gasteiger partial charge in [-0.1, -0.05) is 46.4 Å². The van der Waals surface area contributed by atoms with E-state index in [0.717, 1.165) is 26.2 Å². The molecule has 0 aromatic carbocycles. The van der Waals surface area contributed by atoms with Gasteiger partial charge in [0.15, 0.2) is 22.8 Å². The zero-order valence-corrected chi connectivity index (χ0v) is 62.4. The number of nitrogens with one attached hydrogen (secondary N) is 4. The molecule has 0 radical (unpaired) electrons. The Labute approximate surface area is 654 Å². The van der Waals surface area contributed by atoms with E-state index in [-0.39, 0.29) is 93.9 Å². The summed E-state index contributed by atoms with van der Waals surface area (Å²) in [5.74, 6) is -2.03. The van der Waals surface area contributed by atoms with Gasteiger partial charge in [-0.2, -0.15) is 0 Å². The van der Waals surface area contributed by atoms with Crippen LogP contribution in [0.1, 0.15) is 103 Å². The number of ether oxygens (including phenoxy) is 4. The minimum atomic E-state index is -1.15. The number of carbonyl (C=O) groups is 12. The molecule has 0 spiro atoms. The first-order valence-electron chi connectivity index (χ1n) is 33.6. The number of likely N-dealkylation sites (N-methyl/N-ethyl adjacent to an activating group) is 2. The Balaban J connectivity index is 0.000000139. The zero-order valence-electron chi connectivity index (χ0n) is 59.3. The third-order valence-corrected chi connectivity index (χ3v) is 17.4. The van der Waals surface area contributed by atoms with Crippen LogP contribution in [0.2, 0.25) is 20.1 Å². The van der Waals surface area contributed by atoms with Crippen molar-refractivity contribution >= 4 is 141 Å². The smallest absolute Gasteiger partial charge is 0.412 e. The number of piperazine rings is 4. The molecule has 4 unspecified atom stereocenters. The Morgan fingerprint density at radius 3 is 0.991 bits per heavy atom. The van der Waals surface area contributed by atoms with Crippen molar-refractivity contribution in [2.45, 2.75) is 38.8 Å². The maximum atomic E-state index is 12.8. The van der Waals surface area contributed by atoms with Crippen LogP contribution in [0.4, 0.5) is 32.9 Å². The standard InChI is InChI=1S/C17H15ClN6O4.C16H13ClN6O4.2C13H9ClN4O3.C5H10N2O.C4H8N2O/c1-22-6-7-23(9-12(22)25)17(27)28-16-14-13(19-4-5-20-14)15(26)24(16)11-3-2-10(18)8-21-11;17-9-1-2-10(21-7-9)23-14(25)12-13(20-4-3-19-12)15(23)27-16(26)22-6-5-18-11(24)8-22;2*1-7(19)21-13-11-10(15-4-5-16-11)12(20)18(13)9-3-2-8(14)6-17-9;1-7-3-2-6-4-5(7)8;7-4-3-5-1-2-6-4/h2-5,8,16H,6-7,9H2,1H3;1-4,7,15H,5-6,8H2,(H,18,24);2*2-6,13H,1H3;6H,2-4H2,1H3;5H,1-3H2,(H,6,7). The van der Waals surface area contributed by atoms with E-state index in [2.05, 4.69) is 81.1 Å². The lowest BCUT2D eigenvalue weighted by atomic mass is 10.3. The normalized spacial score (nSPS) is 18.5. The fraction of sp³-hybridized carbons (Fsp3) is 0.294. The number of pyridine rings is 4. The monoisotopic (exact) mass is 1610 g/mol. The highest BCUT2D eigenvalue weighted by Gasteiger charge is 2.48. The summed E-state index contributed by atoms with van der Waals surface area (Å²) in [5.41, 5.74) is 1.41. The summed E-state index contributed by atoms with van der Waals surface area (Å²) in [6, 6.07) is 12.5. The van der Waals surface area contributed by atoms with Gasteiger partial charge in [0.2, 0.25) is 48.5 Å². The summed E-state index contributed by atoms with van der Waals surface area (Å²) < 4.78 is 21.5. The highest BCUT2D eigenvalue weighted by atomic mass is 35.5. The Kier molecular flexibility index (Phi) is 26.3. The van der Waals surface area contributed by atoms with Gasteiger partial charge in [0.05, 0.1) is 33.2 Å². The van der Waals surface area contributed by atoms with Gasteiger partial charge in [0.25, 0.3) is 23.6 Å². The minimum Gasteiger partial charge on any atom is -0.435 e.